The summed E-state index contributed by atoms with van der Waals surface area (Å²) in [5.74, 6) is 0.297. The van der Waals surface area contributed by atoms with Gasteiger partial charge in [-0.3, -0.25) is 0 Å². The molecule has 2 saturated heterocycles. The van der Waals surface area contributed by atoms with Crippen LogP contribution in [0, 0.1) is 5.41 Å². The van der Waals surface area contributed by atoms with Crippen LogP contribution in [0.3, 0.4) is 0 Å². The third-order valence-corrected chi connectivity index (χ3v) is 5.16. The van der Waals surface area contributed by atoms with Crippen molar-refractivity contribution in [2.75, 3.05) is 26.3 Å². The summed E-state index contributed by atoms with van der Waals surface area (Å²) in [4.78, 5) is 14.6. The Labute approximate surface area is 144 Å². The smallest absolute Gasteiger partial charge is 0.317 e. The second kappa shape index (κ2) is 7.43. The number of aryl methyl sites for hydroxylation is 1. The molecule has 24 heavy (non-hydrogen) atoms. The molecule has 1 atom stereocenters. The van der Waals surface area contributed by atoms with E-state index in [9.17, 15) is 9.90 Å². The number of hydrogen-bond acceptors (Lipinski definition) is 3. The minimum Gasteiger partial charge on any atom is -0.508 e. The lowest BCUT2D eigenvalue weighted by Crippen LogP contribution is -2.54. The highest BCUT2D eigenvalue weighted by atomic mass is 16.5. The second-order valence-corrected chi connectivity index (χ2v) is 7.51. The number of benzene rings is 1. The Hall–Kier alpha value is -1.75. The summed E-state index contributed by atoms with van der Waals surface area (Å²) in [7, 11) is 0. The predicted molar refractivity (Wildman–Crippen MR) is 93.1 cm³/mol. The molecular formula is C19H28N2O3. The Balaban J connectivity index is 1.52. The molecule has 2 aliphatic heterocycles. The zero-order chi connectivity index (χ0) is 17.0. The van der Waals surface area contributed by atoms with Crippen LogP contribution in [0.1, 0.15) is 38.2 Å². The molecular weight excluding hydrogens is 304 g/mol. The minimum absolute atomic E-state index is 0.0681. The Bertz CT molecular complexity index is 554. The van der Waals surface area contributed by atoms with Crippen LogP contribution in [0.15, 0.2) is 24.3 Å². The quantitative estimate of drug-likeness (QED) is 0.871. The average Bonchev–Trinajstić information content (AvgIpc) is 2.58. The van der Waals surface area contributed by atoms with Crippen molar-refractivity contribution >= 4 is 6.03 Å². The van der Waals surface area contributed by atoms with Crippen LogP contribution >= 0.6 is 0 Å². The molecule has 5 heteroatoms. The Morgan fingerprint density at radius 1 is 1.33 bits per heavy atom. The fourth-order valence-corrected chi connectivity index (χ4v) is 3.51. The summed E-state index contributed by atoms with van der Waals surface area (Å²) in [6.45, 7) is 5.15. The molecule has 0 radical (unpaired) electrons. The number of likely N-dealkylation sites (tertiary alicyclic amines) is 1. The SMILES string of the molecule is CC1(CNC(=O)N2CCCC[C@H]2CCc2ccc(O)cc2)COC1. The van der Waals surface area contributed by atoms with Gasteiger partial charge in [-0.05, 0) is 49.8 Å². The molecule has 5 nitrogen and oxygen atoms in total. The summed E-state index contributed by atoms with van der Waals surface area (Å²) in [6, 6.07) is 7.74. The number of amides is 2. The van der Waals surface area contributed by atoms with Crippen molar-refractivity contribution in [1.29, 1.82) is 0 Å². The van der Waals surface area contributed by atoms with Crippen LogP contribution in [0.25, 0.3) is 0 Å². The molecule has 2 fully saturated rings. The Morgan fingerprint density at radius 3 is 2.75 bits per heavy atom. The lowest BCUT2D eigenvalue weighted by Gasteiger charge is -2.40. The van der Waals surface area contributed by atoms with E-state index < -0.39 is 0 Å². The number of piperidine rings is 1. The van der Waals surface area contributed by atoms with Crippen molar-refractivity contribution in [3.8, 4) is 5.75 Å². The molecule has 2 aliphatic rings. The molecule has 0 bridgehead atoms. The number of hydrogen-bond donors (Lipinski definition) is 2. The summed E-state index contributed by atoms with van der Waals surface area (Å²) in [5, 5.41) is 12.5. The maximum absolute atomic E-state index is 12.6. The fourth-order valence-electron chi connectivity index (χ4n) is 3.51. The molecule has 2 N–H and O–H groups in total. The van der Waals surface area contributed by atoms with E-state index in [1.807, 2.05) is 17.0 Å². The van der Waals surface area contributed by atoms with Crippen molar-refractivity contribution in [2.45, 2.75) is 45.1 Å². The van der Waals surface area contributed by atoms with Crippen LogP contribution in [0.5, 0.6) is 5.75 Å². The van der Waals surface area contributed by atoms with E-state index in [0.717, 1.165) is 45.4 Å². The molecule has 0 aliphatic carbocycles. The number of carbonyl (C=O) groups excluding carboxylic acids is 1. The number of nitrogens with zero attached hydrogens (tertiary/aromatic N) is 1. The number of phenols is 1. The maximum Gasteiger partial charge on any atom is 0.317 e. The van der Waals surface area contributed by atoms with Gasteiger partial charge in [-0.15, -0.1) is 0 Å². The van der Waals surface area contributed by atoms with E-state index in [1.165, 1.54) is 12.0 Å². The molecule has 132 valence electrons. The van der Waals surface area contributed by atoms with Crippen molar-refractivity contribution in [1.82, 2.24) is 10.2 Å². The van der Waals surface area contributed by atoms with Gasteiger partial charge in [-0.2, -0.15) is 0 Å². The van der Waals surface area contributed by atoms with Gasteiger partial charge in [0.1, 0.15) is 5.75 Å². The monoisotopic (exact) mass is 332 g/mol. The van der Waals surface area contributed by atoms with E-state index in [2.05, 4.69) is 12.2 Å². The fraction of sp³-hybridized carbons (Fsp3) is 0.632. The van der Waals surface area contributed by atoms with Crippen LogP contribution in [-0.4, -0.2) is 48.4 Å². The normalized spacial score (nSPS) is 22.7. The largest absolute Gasteiger partial charge is 0.508 e. The lowest BCUT2D eigenvalue weighted by atomic mass is 9.89. The number of aromatic hydroxyl groups is 1. The zero-order valence-electron chi connectivity index (χ0n) is 14.5. The molecule has 2 amide bonds. The number of phenolic OH excluding ortho intramolecular Hbond substituents is 1. The zero-order valence-corrected chi connectivity index (χ0v) is 14.5. The van der Waals surface area contributed by atoms with E-state index in [1.54, 1.807) is 12.1 Å². The third-order valence-electron chi connectivity index (χ3n) is 5.16. The molecule has 0 saturated carbocycles. The van der Waals surface area contributed by atoms with Gasteiger partial charge in [0.15, 0.2) is 0 Å². The predicted octanol–water partition coefficient (Wildman–Crippen LogP) is 2.93. The third kappa shape index (κ3) is 4.20. The van der Waals surface area contributed by atoms with Crippen molar-refractivity contribution in [3.05, 3.63) is 29.8 Å². The van der Waals surface area contributed by atoms with Crippen molar-refractivity contribution in [3.63, 3.8) is 0 Å². The van der Waals surface area contributed by atoms with Crippen molar-refractivity contribution < 1.29 is 14.6 Å². The molecule has 1 aromatic carbocycles. The first-order chi connectivity index (χ1) is 11.6. The van der Waals surface area contributed by atoms with Crippen LogP contribution in [0.2, 0.25) is 0 Å². The standard InChI is InChI=1S/C19H28N2O3/c1-19(13-24-14-19)12-20-18(23)21-11-3-2-4-16(21)8-5-15-6-9-17(22)10-7-15/h6-7,9-10,16,22H,2-5,8,11-14H2,1H3,(H,20,23)/t16-/m0/s1. The Morgan fingerprint density at radius 2 is 2.08 bits per heavy atom. The van der Waals surface area contributed by atoms with E-state index in [0.29, 0.717) is 18.3 Å². The molecule has 0 spiro atoms. The van der Waals surface area contributed by atoms with Gasteiger partial charge < -0.3 is 20.1 Å². The number of rotatable bonds is 5. The minimum atomic E-state index is 0.0681. The van der Waals surface area contributed by atoms with Crippen LogP contribution < -0.4 is 5.32 Å². The van der Waals surface area contributed by atoms with Gasteiger partial charge in [-0.1, -0.05) is 19.1 Å². The summed E-state index contributed by atoms with van der Waals surface area (Å²) >= 11 is 0. The molecule has 0 unspecified atom stereocenters. The van der Waals surface area contributed by atoms with Gasteiger partial charge in [0.2, 0.25) is 0 Å². The van der Waals surface area contributed by atoms with E-state index in [-0.39, 0.29) is 11.4 Å². The molecule has 3 rings (SSSR count). The lowest BCUT2D eigenvalue weighted by molar-refractivity contribution is -0.0980. The number of ether oxygens (including phenoxy) is 1. The maximum atomic E-state index is 12.6. The summed E-state index contributed by atoms with van der Waals surface area (Å²) in [6.07, 6.45) is 5.25. The highest BCUT2D eigenvalue weighted by molar-refractivity contribution is 5.74. The molecule has 2 heterocycles. The number of urea groups is 1. The second-order valence-electron chi connectivity index (χ2n) is 7.51. The highest BCUT2D eigenvalue weighted by Crippen LogP contribution is 2.26. The molecule has 0 aromatic heterocycles. The molecule has 1 aromatic rings. The summed E-state index contributed by atoms with van der Waals surface area (Å²) < 4.78 is 5.25. The first-order valence-corrected chi connectivity index (χ1v) is 8.96. The van der Waals surface area contributed by atoms with Gasteiger partial charge in [-0.25, -0.2) is 4.79 Å². The average molecular weight is 332 g/mol. The Kier molecular flexibility index (Phi) is 5.29. The van der Waals surface area contributed by atoms with Gasteiger partial charge in [0.05, 0.1) is 13.2 Å². The van der Waals surface area contributed by atoms with Crippen molar-refractivity contribution in [2.24, 2.45) is 5.41 Å². The van der Waals surface area contributed by atoms with Crippen LogP contribution in [0.4, 0.5) is 4.79 Å². The van der Waals surface area contributed by atoms with Gasteiger partial charge in [0, 0.05) is 24.5 Å². The van der Waals surface area contributed by atoms with E-state index >= 15 is 0 Å². The first-order valence-electron chi connectivity index (χ1n) is 8.96. The highest BCUT2D eigenvalue weighted by Gasteiger charge is 2.35. The van der Waals surface area contributed by atoms with E-state index in [4.69, 9.17) is 4.74 Å². The topological polar surface area (TPSA) is 61.8 Å². The van der Waals surface area contributed by atoms with Crippen LogP contribution in [-0.2, 0) is 11.2 Å². The number of nitrogens with one attached hydrogen (secondary N) is 1. The van der Waals surface area contributed by atoms with Gasteiger partial charge in [0.25, 0.3) is 0 Å². The summed E-state index contributed by atoms with van der Waals surface area (Å²) in [5.41, 5.74) is 1.31. The number of carbonyl (C=O) groups is 1. The first kappa shape index (κ1) is 17.1. The van der Waals surface area contributed by atoms with Gasteiger partial charge >= 0.3 is 6.03 Å².